The lowest BCUT2D eigenvalue weighted by Gasteiger charge is -2.23. The number of sulfonamides is 1. The predicted molar refractivity (Wildman–Crippen MR) is 76.2 cm³/mol. The van der Waals surface area contributed by atoms with Gasteiger partial charge >= 0.3 is 0 Å². The van der Waals surface area contributed by atoms with E-state index in [0.717, 1.165) is 12.1 Å². The monoisotopic (exact) mass is 304 g/mol. The first-order valence-electron chi connectivity index (χ1n) is 6.25. The lowest BCUT2D eigenvalue weighted by Crippen LogP contribution is -2.35. The molecule has 0 fully saturated rings. The summed E-state index contributed by atoms with van der Waals surface area (Å²) >= 11 is 0. The summed E-state index contributed by atoms with van der Waals surface area (Å²) in [5, 5.41) is 8.91. The molecule has 20 heavy (non-hydrogen) atoms. The van der Waals surface area contributed by atoms with Crippen LogP contribution in [0.25, 0.3) is 0 Å². The number of aliphatic hydroxyl groups is 1. The summed E-state index contributed by atoms with van der Waals surface area (Å²) in [6, 6.07) is 2.22. The second kappa shape index (κ2) is 6.07. The zero-order valence-electron chi connectivity index (χ0n) is 11.9. The molecule has 0 amide bonds. The van der Waals surface area contributed by atoms with Gasteiger partial charge in [0.2, 0.25) is 10.0 Å². The molecule has 1 aromatic rings. The number of nitrogens with two attached hydrogens (primary N) is 1. The Bertz CT molecular complexity index is 586. The molecule has 0 aliphatic carbocycles. The van der Waals surface area contributed by atoms with E-state index in [4.69, 9.17) is 10.8 Å². The van der Waals surface area contributed by atoms with Gasteiger partial charge in [-0.3, -0.25) is 0 Å². The molecule has 0 radical (unpaired) electrons. The van der Waals surface area contributed by atoms with Gasteiger partial charge in [-0.25, -0.2) is 17.5 Å². The van der Waals surface area contributed by atoms with Crippen LogP contribution in [0.1, 0.15) is 25.8 Å². The van der Waals surface area contributed by atoms with Gasteiger partial charge in [0.05, 0.1) is 0 Å². The zero-order valence-corrected chi connectivity index (χ0v) is 12.7. The molecule has 0 heterocycles. The third-order valence-corrected chi connectivity index (χ3v) is 4.56. The van der Waals surface area contributed by atoms with Crippen molar-refractivity contribution >= 4 is 15.7 Å². The molecule has 0 saturated heterocycles. The Balaban J connectivity index is 2.98. The molecule has 1 aromatic carbocycles. The van der Waals surface area contributed by atoms with Crippen molar-refractivity contribution < 1.29 is 17.9 Å². The third kappa shape index (κ3) is 4.16. The Kier molecular flexibility index (Phi) is 5.12. The molecule has 0 spiro atoms. The van der Waals surface area contributed by atoms with Gasteiger partial charge in [0.15, 0.2) is 0 Å². The molecular weight excluding hydrogens is 283 g/mol. The van der Waals surface area contributed by atoms with Crippen LogP contribution in [0.2, 0.25) is 0 Å². The molecule has 0 bridgehead atoms. The van der Waals surface area contributed by atoms with Crippen molar-refractivity contribution in [3.05, 3.63) is 23.5 Å². The highest BCUT2D eigenvalue weighted by Crippen LogP contribution is 2.23. The first kappa shape index (κ1) is 16.9. The Morgan fingerprint density at radius 1 is 1.40 bits per heavy atom. The minimum Gasteiger partial charge on any atom is -0.398 e. The lowest BCUT2D eigenvalue weighted by molar-refractivity contribution is 0.213. The molecule has 0 atom stereocenters. The van der Waals surface area contributed by atoms with Crippen molar-refractivity contribution in [2.75, 3.05) is 18.9 Å². The molecule has 4 N–H and O–H groups in total. The number of nitrogen functional groups attached to an aromatic ring is 1. The van der Waals surface area contributed by atoms with Gasteiger partial charge in [0.25, 0.3) is 0 Å². The van der Waals surface area contributed by atoms with E-state index < -0.39 is 26.2 Å². The average molecular weight is 304 g/mol. The largest absolute Gasteiger partial charge is 0.398 e. The SMILES string of the molecule is Cc1cc(F)c(S(=O)(=O)NCC(C)(C)CCO)cc1N. The highest BCUT2D eigenvalue weighted by molar-refractivity contribution is 7.89. The second-order valence-electron chi connectivity index (χ2n) is 5.60. The molecule has 7 heteroatoms. The van der Waals surface area contributed by atoms with Gasteiger partial charge in [-0.15, -0.1) is 0 Å². The average Bonchev–Trinajstić information content (AvgIpc) is 2.31. The molecule has 0 aliphatic heterocycles. The number of nitrogens with one attached hydrogen (secondary N) is 1. The van der Waals surface area contributed by atoms with Crippen molar-refractivity contribution in [3.8, 4) is 0 Å². The molecular formula is C13H21FN2O3S. The van der Waals surface area contributed by atoms with Crippen LogP contribution >= 0.6 is 0 Å². The summed E-state index contributed by atoms with van der Waals surface area (Å²) in [5.41, 5.74) is 5.91. The van der Waals surface area contributed by atoms with Gasteiger partial charge in [0, 0.05) is 18.8 Å². The summed E-state index contributed by atoms with van der Waals surface area (Å²) in [5.74, 6) is -0.829. The molecule has 0 aromatic heterocycles. The van der Waals surface area contributed by atoms with Gasteiger partial charge in [-0.05, 0) is 36.5 Å². The van der Waals surface area contributed by atoms with Crippen LogP contribution < -0.4 is 10.5 Å². The molecule has 1 rings (SSSR count). The summed E-state index contributed by atoms with van der Waals surface area (Å²) in [6.45, 7) is 5.29. The van der Waals surface area contributed by atoms with E-state index in [-0.39, 0.29) is 18.8 Å². The molecule has 114 valence electrons. The number of benzene rings is 1. The van der Waals surface area contributed by atoms with Gasteiger partial charge in [-0.2, -0.15) is 0 Å². The predicted octanol–water partition coefficient (Wildman–Crippen LogP) is 1.40. The summed E-state index contributed by atoms with van der Waals surface area (Å²) < 4.78 is 40.3. The van der Waals surface area contributed by atoms with E-state index in [2.05, 4.69) is 4.72 Å². The minimum atomic E-state index is -3.97. The van der Waals surface area contributed by atoms with Crippen LogP contribution in [0.4, 0.5) is 10.1 Å². The van der Waals surface area contributed by atoms with Crippen LogP contribution in [0.3, 0.4) is 0 Å². The Morgan fingerprint density at radius 2 is 2.00 bits per heavy atom. The summed E-state index contributed by atoms with van der Waals surface area (Å²) in [6.07, 6.45) is 0.439. The lowest BCUT2D eigenvalue weighted by atomic mass is 9.90. The minimum absolute atomic E-state index is 0.0411. The summed E-state index contributed by atoms with van der Waals surface area (Å²) in [4.78, 5) is -0.458. The van der Waals surface area contributed by atoms with Gasteiger partial charge in [0.1, 0.15) is 10.7 Å². The van der Waals surface area contributed by atoms with Crippen molar-refractivity contribution in [2.45, 2.75) is 32.1 Å². The van der Waals surface area contributed by atoms with E-state index in [0.29, 0.717) is 12.0 Å². The van der Waals surface area contributed by atoms with E-state index in [1.807, 2.05) is 13.8 Å². The first-order valence-corrected chi connectivity index (χ1v) is 7.73. The van der Waals surface area contributed by atoms with E-state index in [9.17, 15) is 12.8 Å². The topological polar surface area (TPSA) is 92.4 Å². The van der Waals surface area contributed by atoms with E-state index in [1.54, 1.807) is 6.92 Å². The maximum absolute atomic E-state index is 13.8. The number of hydrogen-bond donors (Lipinski definition) is 3. The zero-order chi connectivity index (χ0) is 15.6. The standard InChI is InChI=1S/C13H21FN2O3S/c1-9-6-10(14)12(7-11(9)15)20(18,19)16-8-13(2,3)4-5-17/h6-7,16-17H,4-5,8,15H2,1-3H3. The number of hydrogen-bond acceptors (Lipinski definition) is 4. The van der Waals surface area contributed by atoms with Crippen LogP contribution in [0, 0.1) is 18.2 Å². The fourth-order valence-corrected chi connectivity index (χ4v) is 2.97. The number of rotatable bonds is 6. The molecule has 5 nitrogen and oxygen atoms in total. The van der Waals surface area contributed by atoms with Crippen molar-refractivity contribution in [1.29, 1.82) is 0 Å². The maximum atomic E-state index is 13.8. The number of aliphatic hydroxyl groups excluding tert-OH is 1. The van der Waals surface area contributed by atoms with Crippen LogP contribution in [0.5, 0.6) is 0 Å². The van der Waals surface area contributed by atoms with Crippen molar-refractivity contribution in [1.82, 2.24) is 4.72 Å². The molecule has 0 saturated carbocycles. The molecule has 0 unspecified atom stereocenters. The fourth-order valence-electron chi connectivity index (χ4n) is 1.63. The third-order valence-electron chi connectivity index (χ3n) is 3.14. The Labute approximate surface area is 119 Å². The van der Waals surface area contributed by atoms with E-state index in [1.165, 1.54) is 0 Å². The van der Waals surface area contributed by atoms with E-state index >= 15 is 0 Å². The quantitative estimate of drug-likeness (QED) is 0.693. The maximum Gasteiger partial charge on any atom is 0.243 e. The first-order chi connectivity index (χ1) is 9.09. The fraction of sp³-hybridized carbons (Fsp3) is 0.538. The number of halogens is 1. The highest BCUT2D eigenvalue weighted by Gasteiger charge is 2.24. The second-order valence-corrected chi connectivity index (χ2v) is 7.34. The number of aryl methyl sites for hydroxylation is 1. The van der Waals surface area contributed by atoms with Crippen molar-refractivity contribution in [3.63, 3.8) is 0 Å². The van der Waals surface area contributed by atoms with Gasteiger partial charge < -0.3 is 10.8 Å². The van der Waals surface area contributed by atoms with Crippen LogP contribution in [-0.2, 0) is 10.0 Å². The summed E-state index contributed by atoms with van der Waals surface area (Å²) in [7, 11) is -3.97. The normalized spacial score (nSPS) is 12.7. The Morgan fingerprint density at radius 3 is 2.55 bits per heavy atom. The van der Waals surface area contributed by atoms with Crippen molar-refractivity contribution in [2.24, 2.45) is 5.41 Å². The number of anilines is 1. The van der Waals surface area contributed by atoms with Gasteiger partial charge in [-0.1, -0.05) is 13.8 Å². The smallest absolute Gasteiger partial charge is 0.243 e. The van der Waals surface area contributed by atoms with Crippen LogP contribution in [-0.4, -0.2) is 26.7 Å². The Hall–Kier alpha value is -1.18. The van der Waals surface area contributed by atoms with Crippen LogP contribution in [0.15, 0.2) is 17.0 Å². The highest BCUT2D eigenvalue weighted by atomic mass is 32.2. The molecule has 0 aliphatic rings.